The van der Waals surface area contributed by atoms with Crippen molar-refractivity contribution in [3.8, 4) is 0 Å². The van der Waals surface area contributed by atoms with Gasteiger partial charge < -0.3 is 14.7 Å². The average molecular weight is 410 g/mol. The van der Waals surface area contributed by atoms with Crippen LogP contribution in [-0.4, -0.2) is 64.2 Å². The van der Waals surface area contributed by atoms with E-state index in [2.05, 4.69) is 17.1 Å². The van der Waals surface area contributed by atoms with Crippen molar-refractivity contribution in [3.05, 3.63) is 66.0 Å². The Labute approximate surface area is 178 Å². The van der Waals surface area contributed by atoms with Crippen molar-refractivity contribution in [1.82, 2.24) is 14.8 Å². The van der Waals surface area contributed by atoms with E-state index in [1.165, 1.54) is 0 Å². The molecule has 2 atom stereocenters. The lowest BCUT2D eigenvalue weighted by Gasteiger charge is -2.48. The number of piperidine rings is 1. The standard InChI is InChI=1S/C24H31N3O3/c1-26(17-19-7-11-25-12-8-19)18-23(29)27-13-9-24(10-14-27)16-21(28)15-22(30-24)20-5-3-2-4-6-20/h2-8,11-12,21-22,28H,9-10,13-18H2,1H3/t21-,22+/m0/s1. The van der Waals surface area contributed by atoms with Gasteiger partial charge >= 0.3 is 0 Å². The lowest BCUT2D eigenvalue weighted by atomic mass is 9.81. The van der Waals surface area contributed by atoms with Gasteiger partial charge in [0.1, 0.15) is 0 Å². The molecule has 1 aromatic heterocycles. The predicted molar refractivity (Wildman–Crippen MR) is 115 cm³/mol. The zero-order valence-corrected chi connectivity index (χ0v) is 17.6. The minimum absolute atomic E-state index is 0.0799. The molecule has 30 heavy (non-hydrogen) atoms. The van der Waals surface area contributed by atoms with Crippen LogP contribution in [0.25, 0.3) is 0 Å². The predicted octanol–water partition coefficient (Wildman–Crippen LogP) is 2.79. The van der Waals surface area contributed by atoms with Crippen LogP contribution in [0.3, 0.4) is 0 Å². The number of carbonyl (C=O) groups excluding carboxylic acids is 1. The van der Waals surface area contributed by atoms with E-state index in [9.17, 15) is 9.90 Å². The number of amides is 1. The summed E-state index contributed by atoms with van der Waals surface area (Å²) >= 11 is 0. The number of aliphatic hydroxyl groups is 1. The molecule has 1 spiro atoms. The number of ether oxygens (including phenoxy) is 1. The van der Waals surface area contributed by atoms with Crippen LogP contribution in [0.2, 0.25) is 0 Å². The Hall–Kier alpha value is -2.28. The largest absolute Gasteiger partial charge is 0.393 e. The third kappa shape index (κ3) is 5.06. The molecule has 160 valence electrons. The van der Waals surface area contributed by atoms with Gasteiger partial charge in [0, 0.05) is 44.9 Å². The Morgan fingerprint density at radius 2 is 1.90 bits per heavy atom. The van der Waals surface area contributed by atoms with Crippen molar-refractivity contribution >= 4 is 5.91 Å². The lowest BCUT2D eigenvalue weighted by molar-refractivity contribution is -0.186. The number of benzene rings is 1. The van der Waals surface area contributed by atoms with Crippen LogP contribution in [0.1, 0.15) is 42.9 Å². The summed E-state index contributed by atoms with van der Waals surface area (Å²) in [4.78, 5) is 20.8. The molecular formula is C24H31N3O3. The summed E-state index contributed by atoms with van der Waals surface area (Å²) in [6, 6.07) is 14.1. The molecule has 1 N–H and O–H groups in total. The maximum absolute atomic E-state index is 12.8. The van der Waals surface area contributed by atoms with E-state index in [1.807, 2.05) is 47.2 Å². The summed E-state index contributed by atoms with van der Waals surface area (Å²) in [5, 5.41) is 10.5. The highest BCUT2D eigenvalue weighted by Crippen LogP contribution is 2.42. The van der Waals surface area contributed by atoms with Gasteiger partial charge in [-0.15, -0.1) is 0 Å². The molecule has 6 nitrogen and oxygen atoms in total. The number of likely N-dealkylation sites (N-methyl/N-ethyl adjacent to an activating group) is 1. The fourth-order valence-electron chi connectivity index (χ4n) is 4.70. The first-order chi connectivity index (χ1) is 14.5. The molecule has 4 rings (SSSR count). The van der Waals surface area contributed by atoms with E-state index in [-0.39, 0.29) is 23.7 Å². The monoisotopic (exact) mass is 409 g/mol. The number of hydrogen-bond acceptors (Lipinski definition) is 5. The lowest BCUT2D eigenvalue weighted by Crippen LogP contribution is -2.53. The van der Waals surface area contributed by atoms with Crippen LogP contribution in [0.15, 0.2) is 54.9 Å². The Balaban J connectivity index is 1.31. The van der Waals surface area contributed by atoms with Crippen molar-refractivity contribution in [1.29, 1.82) is 0 Å². The smallest absolute Gasteiger partial charge is 0.236 e. The molecule has 6 heteroatoms. The SMILES string of the molecule is CN(CC(=O)N1CCC2(CC1)C[C@@H](O)C[C@H](c1ccccc1)O2)Cc1ccncc1. The number of carbonyl (C=O) groups is 1. The first-order valence-electron chi connectivity index (χ1n) is 10.8. The third-order valence-corrected chi connectivity index (χ3v) is 6.29. The maximum Gasteiger partial charge on any atom is 0.236 e. The molecule has 1 amide bonds. The topological polar surface area (TPSA) is 65.9 Å². The third-order valence-electron chi connectivity index (χ3n) is 6.29. The van der Waals surface area contributed by atoms with Gasteiger partial charge in [-0.3, -0.25) is 14.7 Å². The molecule has 2 aliphatic rings. The highest BCUT2D eigenvalue weighted by Gasteiger charge is 2.44. The van der Waals surface area contributed by atoms with E-state index in [4.69, 9.17) is 4.74 Å². The number of hydrogen-bond donors (Lipinski definition) is 1. The number of likely N-dealkylation sites (tertiary alicyclic amines) is 1. The second kappa shape index (κ2) is 9.25. The van der Waals surface area contributed by atoms with E-state index >= 15 is 0 Å². The van der Waals surface area contributed by atoms with Gasteiger partial charge in [0.25, 0.3) is 0 Å². The molecule has 0 unspecified atom stereocenters. The van der Waals surface area contributed by atoms with Crippen LogP contribution >= 0.6 is 0 Å². The van der Waals surface area contributed by atoms with Crippen LogP contribution < -0.4 is 0 Å². The Bertz CT molecular complexity index is 822. The van der Waals surface area contributed by atoms with Crippen molar-refractivity contribution < 1.29 is 14.6 Å². The molecule has 3 heterocycles. The fourth-order valence-corrected chi connectivity index (χ4v) is 4.70. The number of aromatic nitrogens is 1. The van der Waals surface area contributed by atoms with Crippen molar-refractivity contribution in [2.75, 3.05) is 26.7 Å². The molecule has 2 fully saturated rings. The normalized spacial score (nSPS) is 23.6. The molecule has 2 saturated heterocycles. The second-order valence-corrected chi connectivity index (χ2v) is 8.70. The minimum atomic E-state index is -0.363. The molecular weight excluding hydrogens is 378 g/mol. The van der Waals surface area contributed by atoms with Crippen LogP contribution in [0.5, 0.6) is 0 Å². The summed E-state index contributed by atoms with van der Waals surface area (Å²) in [7, 11) is 1.97. The zero-order chi connectivity index (χ0) is 21.0. The van der Waals surface area contributed by atoms with Crippen molar-refractivity contribution in [2.45, 2.75) is 50.0 Å². The Morgan fingerprint density at radius 1 is 1.20 bits per heavy atom. The molecule has 1 aromatic carbocycles. The number of pyridine rings is 1. The van der Waals surface area contributed by atoms with E-state index in [0.29, 0.717) is 32.5 Å². The minimum Gasteiger partial charge on any atom is -0.393 e. The summed E-state index contributed by atoms with van der Waals surface area (Å²) in [6.07, 6.45) is 5.93. The second-order valence-electron chi connectivity index (χ2n) is 8.70. The summed E-state index contributed by atoms with van der Waals surface area (Å²) in [5.74, 6) is 0.150. The fraction of sp³-hybridized carbons (Fsp3) is 0.500. The highest BCUT2D eigenvalue weighted by atomic mass is 16.5. The van der Waals surface area contributed by atoms with Gasteiger partial charge in [-0.25, -0.2) is 0 Å². The molecule has 2 aromatic rings. The van der Waals surface area contributed by atoms with Gasteiger partial charge in [-0.1, -0.05) is 30.3 Å². The van der Waals surface area contributed by atoms with Crippen LogP contribution in [0.4, 0.5) is 0 Å². The number of nitrogens with zero attached hydrogens (tertiary/aromatic N) is 3. The number of rotatable bonds is 5. The highest BCUT2D eigenvalue weighted by molar-refractivity contribution is 5.78. The average Bonchev–Trinajstić information content (AvgIpc) is 2.75. The van der Waals surface area contributed by atoms with Gasteiger partial charge in [0.05, 0.1) is 24.4 Å². The van der Waals surface area contributed by atoms with Gasteiger partial charge in [0.15, 0.2) is 0 Å². The molecule has 0 bridgehead atoms. The van der Waals surface area contributed by atoms with Crippen molar-refractivity contribution in [2.24, 2.45) is 0 Å². The van der Waals surface area contributed by atoms with E-state index in [0.717, 1.165) is 30.5 Å². The number of aliphatic hydroxyl groups excluding tert-OH is 1. The molecule has 0 saturated carbocycles. The summed E-state index contributed by atoms with van der Waals surface area (Å²) in [6.45, 7) is 2.47. The maximum atomic E-state index is 12.8. The molecule has 2 aliphatic heterocycles. The first kappa shape index (κ1) is 21.0. The Morgan fingerprint density at radius 3 is 2.60 bits per heavy atom. The van der Waals surface area contributed by atoms with Crippen LogP contribution in [-0.2, 0) is 16.1 Å². The van der Waals surface area contributed by atoms with Crippen LogP contribution in [0, 0.1) is 0 Å². The summed E-state index contributed by atoms with van der Waals surface area (Å²) in [5.41, 5.74) is 1.93. The Kier molecular flexibility index (Phi) is 6.46. The first-order valence-corrected chi connectivity index (χ1v) is 10.8. The van der Waals surface area contributed by atoms with Crippen molar-refractivity contribution in [3.63, 3.8) is 0 Å². The van der Waals surface area contributed by atoms with Gasteiger partial charge in [-0.05, 0) is 43.1 Å². The van der Waals surface area contributed by atoms with Gasteiger partial charge in [0.2, 0.25) is 5.91 Å². The molecule has 0 radical (unpaired) electrons. The quantitative estimate of drug-likeness (QED) is 0.823. The van der Waals surface area contributed by atoms with Gasteiger partial charge in [-0.2, -0.15) is 0 Å². The zero-order valence-electron chi connectivity index (χ0n) is 17.6. The van der Waals surface area contributed by atoms with E-state index in [1.54, 1.807) is 12.4 Å². The molecule has 0 aliphatic carbocycles. The summed E-state index contributed by atoms with van der Waals surface area (Å²) < 4.78 is 6.55. The van der Waals surface area contributed by atoms with E-state index < -0.39 is 0 Å².